The summed E-state index contributed by atoms with van der Waals surface area (Å²) in [5, 5.41) is 10.1. The van der Waals surface area contributed by atoms with Gasteiger partial charge in [0.15, 0.2) is 0 Å². The first-order valence-corrected chi connectivity index (χ1v) is 10.9. The van der Waals surface area contributed by atoms with E-state index in [1.807, 2.05) is 42.5 Å². The van der Waals surface area contributed by atoms with Gasteiger partial charge in [-0.15, -0.1) is 11.8 Å². The van der Waals surface area contributed by atoms with Crippen molar-refractivity contribution < 1.29 is 14.6 Å². The Labute approximate surface area is 189 Å². The second-order valence-electron chi connectivity index (χ2n) is 6.28. The third-order valence-corrected chi connectivity index (χ3v) is 6.12. The summed E-state index contributed by atoms with van der Waals surface area (Å²) in [6.07, 6.45) is 3.23. The van der Waals surface area contributed by atoms with Gasteiger partial charge in [-0.1, -0.05) is 59.6 Å². The monoisotopic (exact) mass is 459 g/mol. The van der Waals surface area contributed by atoms with Crippen LogP contribution in [0.4, 0.5) is 0 Å². The molecular weight excluding hydrogens is 441 g/mol. The van der Waals surface area contributed by atoms with E-state index in [0.29, 0.717) is 33.8 Å². The van der Waals surface area contributed by atoms with Crippen molar-refractivity contribution in [3.63, 3.8) is 0 Å². The number of nitrogens with zero attached hydrogens (tertiary/aromatic N) is 1. The van der Waals surface area contributed by atoms with Crippen LogP contribution < -0.4 is 4.74 Å². The van der Waals surface area contributed by atoms with E-state index in [1.165, 1.54) is 17.8 Å². The van der Waals surface area contributed by atoms with Crippen molar-refractivity contribution in [2.45, 2.75) is 17.1 Å². The van der Waals surface area contributed by atoms with Crippen molar-refractivity contribution in [2.75, 3.05) is 6.61 Å². The number of carboxylic acid groups (broad SMARTS) is 1. The molecule has 3 aromatic rings. The number of halogens is 2. The molecular formula is C23H19Cl2NO3S. The van der Waals surface area contributed by atoms with E-state index in [1.54, 1.807) is 18.2 Å². The van der Waals surface area contributed by atoms with Crippen LogP contribution in [0.15, 0.2) is 71.6 Å². The fraction of sp³-hybridized carbons (Fsp3) is 0.130. The predicted molar refractivity (Wildman–Crippen MR) is 123 cm³/mol. The highest BCUT2D eigenvalue weighted by atomic mass is 35.5. The van der Waals surface area contributed by atoms with Gasteiger partial charge in [-0.3, -0.25) is 0 Å². The van der Waals surface area contributed by atoms with Crippen LogP contribution in [0.2, 0.25) is 10.0 Å². The number of benzene rings is 2. The number of hydrogen-bond donors (Lipinski definition) is 1. The summed E-state index contributed by atoms with van der Waals surface area (Å²) in [6.45, 7) is 0.461. The molecule has 0 spiro atoms. The fourth-order valence-corrected chi connectivity index (χ4v) is 4.26. The van der Waals surface area contributed by atoms with Gasteiger partial charge in [0.1, 0.15) is 11.4 Å². The maximum atomic E-state index is 11.0. The number of carbonyl (C=O) groups is 1. The molecule has 0 bridgehead atoms. The lowest BCUT2D eigenvalue weighted by Gasteiger charge is -2.11. The summed E-state index contributed by atoms with van der Waals surface area (Å²) in [4.78, 5) is 16.3. The molecule has 0 fully saturated rings. The standard InChI is InChI=1S/C23H19Cl2NO3S/c24-18-7-4-8-19(25)23(18)30-15-17-9-11-21(20(26-17)10-12-22(27)28)29-14-13-16-5-2-1-3-6-16/h1-12H,13-15H2,(H,27,28)/b12-10-. The molecule has 0 saturated carbocycles. The van der Waals surface area contributed by atoms with Gasteiger partial charge in [-0.05, 0) is 35.9 Å². The number of carboxylic acids is 1. The second-order valence-corrected chi connectivity index (χ2v) is 8.08. The van der Waals surface area contributed by atoms with Crippen LogP contribution in [0.1, 0.15) is 17.0 Å². The van der Waals surface area contributed by atoms with Gasteiger partial charge in [-0.2, -0.15) is 0 Å². The smallest absolute Gasteiger partial charge is 0.328 e. The Bertz CT molecular complexity index is 1020. The molecule has 0 saturated heterocycles. The largest absolute Gasteiger partial charge is 0.491 e. The minimum Gasteiger partial charge on any atom is -0.491 e. The molecule has 1 heterocycles. The van der Waals surface area contributed by atoms with Crippen molar-refractivity contribution >= 4 is 47.0 Å². The number of aliphatic carboxylic acids is 1. The molecule has 1 N–H and O–H groups in total. The Morgan fingerprint density at radius 2 is 1.77 bits per heavy atom. The van der Waals surface area contributed by atoms with Crippen LogP contribution in [0.3, 0.4) is 0 Å². The molecule has 30 heavy (non-hydrogen) atoms. The molecule has 0 unspecified atom stereocenters. The zero-order valence-electron chi connectivity index (χ0n) is 15.9. The molecule has 0 aliphatic carbocycles. The van der Waals surface area contributed by atoms with E-state index < -0.39 is 5.97 Å². The van der Waals surface area contributed by atoms with Gasteiger partial charge < -0.3 is 9.84 Å². The van der Waals surface area contributed by atoms with Crippen LogP contribution in [0, 0.1) is 0 Å². The topological polar surface area (TPSA) is 59.4 Å². The second kappa shape index (κ2) is 11.1. The van der Waals surface area contributed by atoms with Gasteiger partial charge in [0.25, 0.3) is 0 Å². The molecule has 0 amide bonds. The van der Waals surface area contributed by atoms with Crippen LogP contribution in [-0.2, 0) is 17.0 Å². The SMILES string of the molecule is O=C(O)/C=C\c1nc(CSc2c(Cl)cccc2Cl)ccc1OCCc1ccccc1. The number of pyridine rings is 1. The third-order valence-electron chi connectivity index (χ3n) is 4.10. The number of rotatable bonds is 9. The molecule has 0 aliphatic heterocycles. The number of thioether (sulfide) groups is 1. The van der Waals surface area contributed by atoms with Gasteiger partial charge in [0.2, 0.25) is 0 Å². The average molecular weight is 460 g/mol. The minimum atomic E-state index is -1.05. The van der Waals surface area contributed by atoms with Gasteiger partial charge >= 0.3 is 5.97 Å². The highest BCUT2D eigenvalue weighted by molar-refractivity contribution is 7.98. The van der Waals surface area contributed by atoms with Crippen LogP contribution in [-0.4, -0.2) is 22.7 Å². The quantitative estimate of drug-likeness (QED) is 0.296. The Hall–Kier alpha value is -2.47. The van der Waals surface area contributed by atoms with E-state index in [2.05, 4.69) is 4.98 Å². The van der Waals surface area contributed by atoms with Gasteiger partial charge in [0.05, 0.1) is 22.3 Å². The van der Waals surface area contributed by atoms with Gasteiger partial charge in [0, 0.05) is 23.1 Å². The van der Waals surface area contributed by atoms with Crippen molar-refractivity contribution in [2.24, 2.45) is 0 Å². The van der Waals surface area contributed by atoms with E-state index in [-0.39, 0.29) is 0 Å². The molecule has 154 valence electrons. The average Bonchev–Trinajstić information content (AvgIpc) is 2.73. The first-order valence-electron chi connectivity index (χ1n) is 9.17. The maximum Gasteiger partial charge on any atom is 0.328 e. The highest BCUT2D eigenvalue weighted by Crippen LogP contribution is 2.35. The minimum absolute atomic E-state index is 0.461. The Morgan fingerprint density at radius 1 is 1.03 bits per heavy atom. The molecule has 0 aliphatic rings. The van der Waals surface area contributed by atoms with E-state index in [0.717, 1.165) is 28.6 Å². The molecule has 3 rings (SSSR count). The molecule has 7 heteroatoms. The lowest BCUT2D eigenvalue weighted by atomic mass is 10.2. The molecule has 1 aromatic heterocycles. The van der Waals surface area contributed by atoms with E-state index >= 15 is 0 Å². The van der Waals surface area contributed by atoms with Crippen molar-refractivity contribution in [3.8, 4) is 5.75 Å². The predicted octanol–water partition coefficient (Wildman–Crippen LogP) is 6.40. The summed E-state index contributed by atoms with van der Waals surface area (Å²) in [7, 11) is 0. The Morgan fingerprint density at radius 3 is 2.47 bits per heavy atom. The summed E-state index contributed by atoms with van der Waals surface area (Å²) < 4.78 is 5.87. The summed E-state index contributed by atoms with van der Waals surface area (Å²) in [5.41, 5.74) is 2.39. The first-order chi connectivity index (χ1) is 14.5. The van der Waals surface area contributed by atoms with Crippen molar-refractivity contribution in [3.05, 3.63) is 93.7 Å². The molecule has 0 atom stereocenters. The number of ether oxygens (including phenoxy) is 1. The van der Waals surface area contributed by atoms with Crippen molar-refractivity contribution in [1.82, 2.24) is 4.98 Å². The summed E-state index contributed by atoms with van der Waals surface area (Å²) in [6, 6.07) is 19.0. The van der Waals surface area contributed by atoms with E-state index in [9.17, 15) is 4.79 Å². The molecule has 2 aromatic carbocycles. The lowest BCUT2D eigenvalue weighted by Crippen LogP contribution is -2.04. The van der Waals surface area contributed by atoms with Crippen LogP contribution >= 0.6 is 35.0 Å². The third kappa shape index (κ3) is 6.52. The fourth-order valence-electron chi connectivity index (χ4n) is 2.67. The summed E-state index contributed by atoms with van der Waals surface area (Å²) >= 11 is 13.9. The van der Waals surface area contributed by atoms with Gasteiger partial charge in [-0.25, -0.2) is 9.78 Å². The van der Waals surface area contributed by atoms with Crippen molar-refractivity contribution in [1.29, 1.82) is 0 Å². The molecule has 0 radical (unpaired) electrons. The number of hydrogen-bond acceptors (Lipinski definition) is 4. The highest BCUT2D eigenvalue weighted by Gasteiger charge is 2.10. The van der Waals surface area contributed by atoms with Crippen LogP contribution in [0.5, 0.6) is 5.75 Å². The summed E-state index contributed by atoms with van der Waals surface area (Å²) in [5.74, 6) is 0.0180. The zero-order chi connectivity index (χ0) is 21.3. The maximum absolute atomic E-state index is 11.0. The van der Waals surface area contributed by atoms with E-state index in [4.69, 9.17) is 33.0 Å². The number of aromatic nitrogens is 1. The Balaban J connectivity index is 1.72. The lowest BCUT2D eigenvalue weighted by molar-refractivity contribution is -0.131. The van der Waals surface area contributed by atoms with Crippen LogP contribution in [0.25, 0.3) is 6.08 Å². The molecule has 4 nitrogen and oxygen atoms in total. The first kappa shape index (κ1) is 22.2. The zero-order valence-corrected chi connectivity index (χ0v) is 18.3. The normalized spacial score (nSPS) is 11.0. The Kier molecular flexibility index (Phi) is 8.20.